The van der Waals surface area contributed by atoms with E-state index in [1.807, 2.05) is 13.8 Å². The minimum atomic E-state index is -1.32. The van der Waals surface area contributed by atoms with Crippen molar-refractivity contribution >= 4 is 29.4 Å². The third-order valence-electron chi connectivity index (χ3n) is 6.43. The number of carbonyl (C=O) groups excluding carboxylic acids is 3. The molecule has 1 aromatic heterocycles. The number of nitrogens with two attached hydrogens (primary N) is 1. The highest BCUT2D eigenvalue weighted by Crippen LogP contribution is 2.29. The average Bonchev–Trinajstić information content (AvgIpc) is 3.07. The molecule has 1 aromatic carbocycles. The van der Waals surface area contributed by atoms with E-state index in [-0.39, 0.29) is 24.6 Å². The minimum Gasteiger partial charge on any atom is -0.383 e. The molecule has 194 valence electrons. The molecule has 2 heterocycles. The van der Waals surface area contributed by atoms with Gasteiger partial charge in [-0.05, 0) is 25.3 Å². The van der Waals surface area contributed by atoms with Gasteiger partial charge in [0.05, 0.1) is 0 Å². The summed E-state index contributed by atoms with van der Waals surface area (Å²) in [5.41, 5.74) is 3.91. The summed E-state index contributed by atoms with van der Waals surface area (Å²) < 4.78 is 1.24. The van der Waals surface area contributed by atoms with Gasteiger partial charge < -0.3 is 16.0 Å². The summed E-state index contributed by atoms with van der Waals surface area (Å²) in [6, 6.07) is 8.05. The maximum Gasteiger partial charge on any atom is 0.330 e. The molecule has 0 spiro atoms. The summed E-state index contributed by atoms with van der Waals surface area (Å²) in [7, 11) is 0. The largest absolute Gasteiger partial charge is 0.383 e. The van der Waals surface area contributed by atoms with Gasteiger partial charge in [-0.25, -0.2) is 9.59 Å². The first-order chi connectivity index (χ1) is 17.2. The van der Waals surface area contributed by atoms with Crippen LogP contribution in [0.15, 0.2) is 39.9 Å². The van der Waals surface area contributed by atoms with Crippen LogP contribution in [0, 0.1) is 0 Å². The van der Waals surface area contributed by atoms with Crippen molar-refractivity contribution in [3.63, 3.8) is 0 Å². The number of H-pyrrole nitrogens is 1. The van der Waals surface area contributed by atoms with E-state index >= 15 is 0 Å². The highest BCUT2D eigenvalue weighted by atomic mass is 16.2. The number of rotatable bonds is 11. The number of nitrogen functional groups attached to an aromatic ring is 1. The Morgan fingerprint density at radius 3 is 2.33 bits per heavy atom. The summed E-state index contributed by atoms with van der Waals surface area (Å²) in [5, 5.41) is 2.67. The van der Waals surface area contributed by atoms with Crippen LogP contribution < -0.4 is 27.2 Å². The molecule has 1 aliphatic rings. The Kier molecular flexibility index (Phi) is 8.33. The third kappa shape index (κ3) is 5.19. The van der Waals surface area contributed by atoms with E-state index in [9.17, 15) is 24.0 Å². The lowest BCUT2D eigenvalue weighted by Crippen LogP contribution is -2.47. The number of imide groups is 1. The molecule has 3 rings (SSSR count). The Morgan fingerprint density at radius 1 is 1.03 bits per heavy atom. The highest BCUT2D eigenvalue weighted by Gasteiger charge is 2.49. The van der Waals surface area contributed by atoms with E-state index in [0.29, 0.717) is 18.4 Å². The third-order valence-corrected chi connectivity index (χ3v) is 6.43. The van der Waals surface area contributed by atoms with Crippen LogP contribution >= 0.6 is 0 Å². The predicted octanol–water partition coefficient (Wildman–Crippen LogP) is 1.91. The number of aromatic amines is 1. The second kappa shape index (κ2) is 11.2. The number of urea groups is 1. The van der Waals surface area contributed by atoms with Gasteiger partial charge in [0, 0.05) is 13.1 Å². The van der Waals surface area contributed by atoms with Gasteiger partial charge in [0.1, 0.15) is 17.9 Å². The Bertz CT molecular complexity index is 1240. The molecule has 4 amide bonds. The molecule has 0 aliphatic carbocycles. The molecular formula is C25H34N6O5. The van der Waals surface area contributed by atoms with Crippen molar-refractivity contribution in [1.29, 1.82) is 0 Å². The fourth-order valence-corrected chi connectivity index (χ4v) is 4.29. The summed E-state index contributed by atoms with van der Waals surface area (Å²) in [6.45, 7) is 5.38. The molecule has 11 nitrogen and oxygen atoms in total. The first kappa shape index (κ1) is 26.7. The molecular weight excluding hydrogens is 464 g/mol. The number of carbonyl (C=O) groups is 3. The van der Waals surface area contributed by atoms with Crippen molar-refractivity contribution in [2.24, 2.45) is 0 Å². The molecule has 1 atom stereocenters. The summed E-state index contributed by atoms with van der Waals surface area (Å²) in [5.74, 6) is -1.34. The number of hydrogen-bond donors (Lipinski definition) is 3. The van der Waals surface area contributed by atoms with Crippen molar-refractivity contribution in [3.8, 4) is 0 Å². The quantitative estimate of drug-likeness (QED) is 0.318. The van der Waals surface area contributed by atoms with Gasteiger partial charge in [-0.15, -0.1) is 0 Å². The molecule has 1 aliphatic heterocycles. The molecule has 11 heteroatoms. The monoisotopic (exact) mass is 498 g/mol. The van der Waals surface area contributed by atoms with Crippen LogP contribution in [0.3, 0.4) is 0 Å². The normalized spacial score (nSPS) is 17.4. The zero-order valence-corrected chi connectivity index (χ0v) is 21.0. The molecule has 0 saturated carbocycles. The highest BCUT2D eigenvalue weighted by molar-refractivity contribution is 6.10. The van der Waals surface area contributed by atoms with Crippen molar-refractivity contribution in [1.82, 2.24) is 19.8 Å². The van der Waals surface area contributed by atoms with Crippen LogP contribution in [-0.4, -0.2) is 45.4 Å². The van der Waals surface area contributed by atoms with E-state index in [2.05, 4.69) is 10.3 Å². The molecule has 1 saturated heterocycles. The SMILES string of the molecule is CCCCCN(C(=O)CN1C(=O)NC(C)(c2ccccc2)C1=O)c1c(N)n(CCCC)c(=O)[nH]c1=O. The van der Waals surface area contributed by atoms with Crippen LogP contribution in [0.2, 0.25) is 0 Å². The maximum absolute atomic E-state index is 13.5. The molecule has 1 fully saturated rings. The van der Waals surface area contributed by atoms with Gasteiger partial charge in [0.15, 0.2) is 5.69 Å². The summed E-state index contributed by atoms with van der Waals surface area (Å²) in [6.07, 6.45) is 3.67. The number of aromatic nitrogens is 2. The number of benzene rings is 1. The van der Waals surface area contributed by atoms with Gasteiger partial charge in [-0.1, -0.05) is 63.4 Å². The lowest BCUT2D eigenvalue weighted by Gasteiger charge is -2.26. The number of nitrogens with one attached hydrogen (secondary N) is 2. The first-order valence-corrected chi connectivity index (χ1v) is 12.3. The molecule has 0 radical (unpaired) electrons. The van der Waals surface area contributed by atoms with Gasteiger partial charge in [-0.3, -0.25) is 28.8 Å². The van der Waals surface area contributed by atoms with E-state index in [1.165, 1.54) is 9.47 Å². The molecule has 2 aromatic rings. The molecule has 0 bridgehead atoms. The number of amides is 4. The standard InChI is InChI=1S/C25H34N6O5/c1-4-6-11-15-29(19-20(26)30(14-7-5-2)23(35)27-21(19)33)18(32)16-31-22(34)25(3,28-24(31)36)17-12-9-8-10-13-17/h8-10,12-13H,4-7,11,14-16,26H2,1-3H3,(H,28,36)(H,27,33,35). The number of hydrogen-bond acceptors (Lipinski definition) is 6. The Morgan fingerprint density at radius 2 is 1.69 bits per heavy atom. The second-order valence-corrected chi connectivity index (χ2v) is 9.06. The Balaban J connectivity index is 1.95. The molecule has 36 heavy (non-hydrogen) atoms. The van der Waals surface area contributed by atoms with E-state index in [0.717, 1.165) is 24.2 Å². The van der Waals surface area contributed by atoms with Gasteiger partial charge in [0.2, 0.25) is 5.91 Å². The topological polar surface area (TPSA) is 151 Å². The number of nitrogens with zero attached hydrogens (tertiary/aromatic N) is 3. The zero-order valence-electron chi connectivity index (χ0n) is 21.0. The van der Waals surface area contributed by atoms with Gasteiger partial charge in [-0.2, -0.15) is 0 Å². The number of unbranched alkanes of at least 4 members (excludes halogenated alkanes) is 3. The summed E-state index contributed by atoms with van der Waals surface area (Å²) >= 11 is 0. The molecule has 4 N–H and O–H groups in total. The van der Waals surface area contributed by atoms with Crippen molar-refractivity contribution in [3.05, 3.63) is 56.7 Å². The maximum atomic E-state index is 13.5. The van der Waals surface area contributed by atoms with E-state index in [4.69, 9.17) is 5.73 Å². The predicted molar refractivity (Wildman–Crippen MR) is 137 cm³/mol. The zero-order chi connectivity index (χ0) is 26.5. The van der Waals surface area contributed by atoms with Crippen molar-refractivity contribution in [2.45, 2.75) is 65.0 Å². The average molecular weight is 499 g/mol. The van der Waals surface area contributed by atoms with Crippen LogP contribution in [0.1, 0.15) is 58.4 Å². The van der Waals surface area contributed by atoms with Gasteiger partial charge in [0.25, 0.3) is 11.5 Å². The smallest absolute Gasteiger partial charge is 0.330 e. The fourth-order valence-electron chi connectivity index (χ4n) is 4.29. The van der Waals surface area contributed by atoms with Crippen LogP contribution in [0.4, 0.5) is 16.3 Å². The van der Waals surface area contributed by atoms with Gasteiger partial charge >= 0.3 is 11.7 Å². The number of anilines is 2. The Labute approximate surface area is 209 Å². The van der Waals surface area contributed by atoms with Crippen LogP contribution in [-0.2, 0) is 21.7 Å². The second-order valence-electron chi connectivity index (χ2n) is 9.06. The van der Waals surface area contributed by atoms with Crippen molar-refractivity contribution in [2.75, 3.05) is 23.7 Å². The first-order valence-electron chi connectivity index (χ1n) is 12.3. The van der Waals surface area contributed by atoms with E-state index < -0.39 is 41.2 Å². The lowest BCUT2D eigenvalue weighted by atomic mass is 9.92. The van der Waals surface area contributed by atoms with Crippen LogP contribution in [0.25, 0.3) is 0 Å². The fraction of sp³-hybridized carbons (Fsp3) is 0.480. The van der Waals surface area contributed by atoms with Crippen molar-refractivity contribution < 1.29 is 14.4 Å². The summed E-state index contributed by atoms with van der Waals surface area (Å²) in [4.78, 5) is 69.0. The van der Waals surface area contributed by atoms with Crippen LogP contribution in [0.5, 0.6) is 0 Å². The Hall–Kier alpha value is -3.89. The molecule has 1 unspecified atom stereocenters. The lowest BCUT2D eigenvalue weighted by molar-refractivity contribution is -0.134. The van der Waals surface area contributed by atoms with E-state index in [1.54, 1.807) is 37.3 Å². The minimum absolute atomic E-state index is 0.117.